The molecule has 2 aromatic heterocycles. The van der Waals surface area contributed by atoms with Crippen LogP contribution in [0.4, 0.5) is 5.69 Å². The fraction of sp³-hybridized carbons (Fsp3) is 0.478. The highest BCUT2D eigenvalue weighted by molar-refractivity contribution is 5.66. The van der Waals surface area contributed by atoms with Crippen molar-refractivity contribution < 1.29 is 14.0 Å². The second-order valence-corrected chi connectivity index (χ2v) is 8.07. The van der Waals surface area contributed by atoms with Crippen LogP contribution in [-0.2, 0) is 16.6 Å². The Bertz CT molecular complexity index is 969. The number of rotatable bonds is 11. The van der Waals surface area contributed by atoms with E-state index in [2.05, 4.69) is 50.5 Å². The van der Waals surface area contributed by atoms with Crippen LogP contribution in [0.5, 0.6) is 6.01 Å². The minimum Gasteiger partial charge on any atom is -0.464 e. The van der Waals surface area contributed by atoms with Gasteiger partial charge in [-0.05, 0) is 44.4 Å². The van der Waals surface area contributed by atoms with Crippen molar-refractivity contribution in [3.63, 3.8) is 0 Å². The van der Waals surface area contributed by atoms with Gasteiger partial charge >= 0.3 is 6.01 Å². The molecule has 8 nitrogen and oxygen atoms in total. The van der Waals surface area contributed by atoms with Crippen LogP contribution >= 0.6 is 0 Å². The SMILES string of the molecule is CCOc1ncc(-c2cccc(NCCCCCc3noc(C4(C)COC4)n3)c2)cn1. The summed E-state index contributed by atoms with van der Waals surface area (Å²) in [5.41, 5.74) is 3.03. The molecular formula is C23H29N5O3. The predicted molar refractivity (Wildman–Crippen MR) is 117 cm³/mol. The van der Waals surface area contributed by atoms with E-state index in [1.165, 1.54) is 0 Å². The number of anilines is 1. The molecule has 164 valence electrons. The molecule has 1 aliphatic heterocycles. The van der Waals surface area contributed by atoms with Crippen molar-refractivity contribution in [3.8, 4) is 17.1 Å². The average Bonchev–Trinajstić information content (AvgIpc) is 3.25. The van der Waals surface area contributed by atoms with Crippen LogP contribution in [0.3, 0.4) is 0 Å². The molecule has 0 saturated carbocycles. The van der Waals surface area contributed by atoms with E-state index in [0.29, 0.717) is 31.7 Å². The quantitative estimate of drug-likeness (QED) is 0.462. The maximum Gasteiger partial charge on any atom is 0.316 e. The molecule has 3 heterocycles. The molecule has 31 heavy (non-hydrogen) atoms. The van der Waals surface area contributed by atoms with Crippen LogP contribution in [0, 0.1) is 0 Å². The van der Waals surface area contributed by atoms with E-state index < -0.39 is 0 Å². The highest BCUT2D eigenvalue weighted by Crippen LogP contribution is 2.30. The summed E-state index contributed by atoms with van der Waals surface area (Å²) in [5, 5.41) is 7.60. The third-order valence-electron chi connectivity index (χ3n) is 5.33. The van der Waals surface area contributed by atoms with Gasteiger partial charge in [-0.15, -0.1) is 0 Å². The highest BCUT2D eigenvalue weighted by atomic mass is 16.5. The fourth-order valence-electron chi connectivity index (χ4n) is 3.43. The Kier molecular flexibility index (Phi) is 6.76. The Morgan fingerprint density at radius 3 is 2.68 bits per heavy atom. The largest absolute Gasteiger partial charge is 0.464 e. The zero-order chi connectivity index (χ0) is 21.5. The predicted octanol–water partition coefficient (Wildman–Crippen LogP) is 4.04. The number of unbranched alkanes of at least 4 members (excludes halogenated alkanes) is 2. The van der Waals surface area contributed by atoms with Crippen LogP contribution in [0.1, 0.15) is 44.8 Å². The van der Waals surface area contributed by atoms with Gasteiger partial charge in [-0.3, -0.25) is 0 Å². The van der Waals surface area contributed by atoms with E-state index in [-0.39, 0.29) is 5.41 Å². The fourth-order valence-corrected chi connectivity index (χ4v) is 3.43. The lowest BCUT2D eigenvalue weighted by molar-refractivity contribution is -0.0644. The van der Waals surface area contributed by atoms with Crippen LogP contribution in [0.2, 0.25) is 0 Å². The van der Waals surface area contributed by atoms with Gasteiger partial charge in [0, 0.05) is 36.6 Å². The minimum atomic E-state index is -0.0961. The van der Waals surface area contributed by atoms with Gasteiger partial charge in [0.15, 0.2) is 5.82 Å². The van der Waals surface area contributed by atoms with Crippen molar-refractivity contribution in [1.82, 2.24) is 20.1 Å². The zero-order valence-electron chi connectivity index (χ0n) is 18.1. The molecular weight excluding hydrogens is 394 g/mol. The first-order valence-corrected chi connectivity index (χ1v) is 10.9. The van der Waals surface area contributed by atoms with E-state index in [9.17, 15) is 0 Å². The molecule has 0 bridgehead atoms. The van der Waals surface area contributed by atoms with Gasteiger partial charge in [-0.2, -0.15) is 4.98 Å². The number of nitrogens with one attached hydrogen (secondary N) is 1. The summed E-state index contributed by atoms with van der Waals surface area (Å²) >= 11 is 0. The Hall–Kier alpha value is -3.00. The molecule has 8 heteroatoms. The van der Waals surface area contributed by atoms with Crippen molar-refractivity contribution in [3.05, 3.63) is 48.4 Å². The van der Waals surface area contributed by atoms with Crippen LogP contribution in [0.15, 0.2) is 41.2 Å². The second kappa shape index (κ2) is 9.87. The molecule has 4 rings (SSSR count). The summed E-state index contributed by atoms with van der Waals surface area (Å²) in [5.74, 6) is 1.49. The molecule has 3 aromatic rings. The second-order valence-electron chi connectivity index (χ2n) is 8.07. The lowest BCUT2D eigenvalue weighted by Crippen LogP contribution is -2.44. The molecule has 0 radical (unpaired) electrons. The first-order chi connectivity index (χ1) is 15.2. The zero-order valence-corrected chi connectivity index (χ0v) is 18.1. The van der Waals surface area contributed by atoms with E-state index in [4.69, 9.17) is 14.0 Å². The Labute approximate surface area is 182 Å². The first-order valence-electron chi connectivity index (χ1n) is 10.9. The van der Waals surface area contributed by atoms with E-state index >= 15 is 0 Å². The molecule has 0 unspecified atom stereocenters. The lowest BCUT2D eigenvalue weighted by atomic mass is 9.89. The van der Waals surface area contributed by atoms with E-state index in [1.54, 1.807) is 12.4 Å². The maximum atomic E-state index is 5.40. The van der Waals surface area contributed by atoms with Crippen molar-refractivity contribution in [1.29, 1.82) is 0 Å². The topological polar surface area (TPSA) is 95.2 Å². The van der Waals surface area contributed by atoms with Crippen molar-refractivity contribution in [2.75, 3.05) is 31.7 Å². The maximum absolute atomic E-state index is 5.40. The minimum absolute atomic E-state index is 0.0961. The molecule has 0 atom stereocenters. The van der Waals surface area contributed by atoms with Gasteiger partial charge < -0.3 is 19.3 Å². The third-order valence-corrected chi connectivity index (χ3v) is 5.33. The lowest BCUT2D eigenvalue weighted by Gasteiger charge is -2.33. The van der Waals surface area contributed by atoms with Crippen molar-refractivity contribution in [2.24, 2.45) is 0 Å². The van der Waals surface area contributed by atoms with Gasteiger partial charge in [-0.1, -0.05) is 23.7 Å². The number of hydrogen-bond acceptors (Lipinski definition) is 8. The number of nitrogens with zero attached hydrogens (tertiary/aromatic N) is 4. The van der Waals surface area contributed by atoms with Gasteiger partial charge in [0.2, 0.25) is 5.89 Å². The van der Waals surface area contributed by atoms with Gasteiger partial charge in [-0.25, -0.2) is 9.97 Å². The van der Waals surface area contributed by atoms with Gasteiger partial charge in [0.25, 0.3) is 0 Å². The standard InChI is InChI=1S/C23H29N5O3/c1-3-30-22-25-13-18(14-26-22)17-8-7-9-19(12-17)24-11-6-4-5-10-20-27-21(31-28-20)23(2)15-29-16-23/h7-9,12-14,24H,3-6,10-11,15-16H2,1-2H3. The van der Waals surface area contributed by atoms with Crippen molar-refractivity contribution >= 4 is 5.69 Å². The Morgan fingerprint density at radius 2 is 1.94 bits per heavy atom. The third kappa shape index (κ3) is 5.38. The molecule has 1 saturated heterocycles. The summed E-state index contributed by atoms with van der Waals surface area (Å²) < 4.78 is 16.0. The Morgan fingerprint density at radius 1 is 1.10 bits per heavy atom. The highest BCUT2D eigenvalue weighted by Gasteiger charge is 2.40. The molecule has 0 aliphatic carbocycles. The molecule has 1 N–H and O–H groups in total. The van der Waals surface area contributed by atoms with E-state index in [1.807, 2.05) is 13.0 Å². The number of aryl methyl sites for hydroxylation is 1. The summed E-state index contributed by atoms with van der Waals surface area (Å²) in [6.07, 6.45) is 7.64. The smallest absolute Gasteiger partial charge is 0.316 e. The number of hydrogen-bond donors (Lipinski definition) is 1. The molecule has 1 aromatic carbocycles. The number of ether oxygens (including phenoxy) is 2. The Balaban J connectivity index is 1.18. The molecule has 0 amide bonds. The first kappa shape index (κ1) is 21.2. The summed E-state index contributed by atoms with van der Waals surface area (Å²) in [4.78, 5) is 13.0. The monoisotopic (exact) mass is 423 g/mol. The van der Waals surface area contributed by atoms with Crippen LogP contribution in [-0.4, -0.2) is 46.5 Å². The molecule has 0 spiro atoms. The van der Waals surface area contributed by atoms with Gasteiger partial charge in [0.1, 0.15) is 0 Å². The average molecular weight is 424 g/mol. The number of aromatic nitrogens is 4. The van der Waals surface area contributed by atoms with Gasteiger partial charge in [0.05, 0.1) is 25.2 Å². The van der Waals surface area contributed by atoms with Crippen molar-refractivity contribution in [2.45, 2.75) is 44.9 Å². The van der Waals surface area contributed by atoms with Crippen LogP contribution < -0.4 is 10.1 Å². The summed E-state index contributed by atoms with van der Waals surface area (Å²) in [6.45, 7) is 6.80. The molecule has 1 fully saturated rings. The van der Waals surface area contributed by atoms with Crippen LogP contribution in [0.25, 0.3) is 11.1 Å². The normalized spacial score (nSPS) is 14.8. The van der Waals surface area contributed by atoms with E-state index in [0.717, 1.165) is 54.9 Å². The molecule has 1 aliphatic rings. The summed E-state index contributed by atoms with van der Waals surface area (Å²) in [7, 11) is 0. The number of benzene rings is 1. The summed E-state index contributed by atoms with van der Waals surface area (Å²) in [6, 6.07) is 8.69.